The maximum atomic E-state index is 12.5. The van der Waals surface area contributed by atoms with Crippen molar-refractivity contribution in [2.45, 2.75) is 52.1 Å². The van der Waals surface area contributed by atoms with Gasteiger partial charge in [0, 0.05) is 19.0 Å². The van der Waals surface area contributed by atoms with Gasteiger partial charge < -0.3 is 10.6 Å². The lowest BCUT2D eigenvalue weighted by atomic mass is 9.85. The van der Waals surface area contributed by atoms with E-state index < -0.39 is 0 Å². The second-order valence-electron chi connectivity index (χ2n) is 6.24. The fourth-order valence-electron chi connectivity index (χ4n) is 3.13. The molecule has 0 bridgehead atoms. The summed E-state index contributed by atoms with van der Waals surface area (Å²) in [5.74, 6) is 0.695. The number of nitrogens with zero attached hydrogens (tertiary/aromatic N) is 1. The van der Waals surface area contributed by atoms with Crippen LogP contribution in [0.25, 0.3) is 0 Å². The first kappa shape index (κ1) is 18.0. The van der Waals surface area contributed by atoms with E-state index in [4.69, 9.17) is 5.73 Å². The Balaban J connectivity index is 0.00000220. The summed E-state index contributed by atoms with van der Waals surface area (Å²) in [6, 6.07) is 8.71. The largest absolute Gasteiger partial charge is 0.335 e. The number of likely N-dealkylation sites (tertiary alicyclic amines) is 1. The van der Waals surface area contributed by atoms with Crippen LogP contribution in [0.1, 0.15) is 50.3 Å². The van der Waals surface area contributed by atoms with Crippen molar-refractivity contribution >= 4 is 18.3 Å². The SMILES string of the molecule is Cc1ccc(C2C(C)CCCN2C(=O)CC(C)N)cc1.Cl. The molecule has 1 fully saturated rings. The summed E-state index contributed by atoms with van der Waals surface area (Å²) in [7, 11) is 0. The van der Waals surface area contributed by atoms with E-state index in [-0.39, 0.29) is 30.4 Å². The number of aryl methyl sites for hydroxylation is 1. The summed E-state index contributed by atoms with van der Waals surface area (Å²) in [5, 5.41) is 0. The molecule has 4 heteroatoms. The molecule has 3 atom stereocenters. The van der Waals surface area contributed by atoms with Gasteiger partial charge in [-0.3, -0.25) is 4.79 Å². The quantitative estimate of drug-likeness (QED) is 0.929. The highest BCUT2D eigenvalue weighted by Crippen LogP contribution is 2.36. The first-order valence-electron chi connectivity index (χ1n) is 7.60. The standard InChI is InChI=1S/C17H26N2O.ClH/c1-12-6-8-15(9-7-12)17-13(2)5-4-10-19(17)16(20)11-14(3)18;/h6-9,13-14,17H,4-5,10-11,18H2,1-3H3;1H. The van der Waals surface area contributed by atoms with E-state index in [1.165, 1.54) is 17.5 Å². The Morgan fingerprint density at radius 3 is 2.57 bits per heavy atom. The molecule has 0 aromatic heterocycles. The van der Waals surface area contributed by atoms with Gasteiger partial charge in [-0.2, -0.15) is 0 Å². The zero-order valence-corrected chi connectivity index (χ0v) is 14.0. The number of rotatable bonds is 3. The third kappa shape index (κ3) is 4.45. The molecule has 21 heavy (non-hydrogen) atoms. The van der Waals surface area contributed by atoms with Gasteiger partial charge in [-0.1, -0.05) is 36.8 Å². The van der Waals surface area contributed by atoms with E-state index in [0.29, 0.717) is 12.3 Å². The number of nitrogens with two attached hydrogens (primary N) is 1. The molecule has 1 aliphatic rings. The van der Waals surface area contributed by atoms with E-state index in [1.54, 1.807) is 0 Å². The minimum absolute atomic E-state index is 0. The number of carbonyl (C=O) groups excluding carboxylic acids is 1. The molecular formula is C17H27ClN2O. The Hall–Kier alpha value is -1.06. The van der Waals surface area contributed by atoms with Crippen molar-refractivity contribution in [1.29, 1.82) is 0 Å². The summed E-state index contributed by atoms with van der Waals surface area (Å²) in [4.78, 5) is 14.5. The number of carbonyl (C=O) groups is 1. The first-order chi connectivity index (χ1) is 9.49. The van der Waals surface area contributed by atoms with E-state index in [2.05, 4.69) is 38.1 Å². The second-order valence-corrected chi connectivity index (χ2v) is 6.24. The first-order valence-corrected chi connectivity index (χ1v) is 7.60. The molecule has 1 saturated heterocycles. The van der Waals surface area contributed by atoms with Crippen molar-refractivity contribution in [2.24, 2.45) is 11.7 Å². The Labute approximate surface area is 134 Å². The molecule has 0 aliphatic carbocycles. The van der Waals surface area contributed by atoms with Gasteiger partial charge in [0.25, 0.3) is 0 Å². The van der Waals surface area contributed by atoms with Crippen molar-refractivity contribution in [3.63, 3.8) is 0 Å². The summed E-state index contributed by atoms with van der Waals surface area (Å²) >= 11 is 0. The van der Waals surface area contributed by atoms with Gasteiger partial charge in [0.2, 0.25) is 5.91 Å². The Morgan fingerprint density at radius 1 is 1.38 bits per heavy atom. The molecule has 2 rings (SSSR count). The Kier molecular flexibility index (Phi) is 6.69. The summed E-state index contributed by atoms with van der Waals surface area (Å²) < 4.78 is 0. The predicted molar refractivity (Wildman–Crippen MR) is 89.5 cm³/mol. The molecule has 118 valence electrons. The van der Waals surface area contributed by atoms with Crippen LogP contribution < -0.4 is 5.73 Å². The monoisotopic (exact) mass is 310 g/mol. The van der Waals surface area contributed by atoms with Gasteiger partial charge >= 0.3 is 0 Å². The number of piperidine rings is 1. The zero-order chi connectivity index (χ0) is 14.7. The molecule has 0 spiro atoms. The smallest absolute Gasteiger partial charge is 0.224 e. The Morgan fingerprint density at radius 2 is 2.00 bits per heavy atom. The molecule has 0 saturated carbocycles. The van der Waals surface area contributed by atoms with Crippen molar-refractivity contribution in [1.82, 2.24) is 4.90 Å². The van der Waals surface area contributed by atoms with Gasteiger partial charge in [-0.05, 0) is 38.2 Å². The van der Waals surface area contributed by atoms with Crippen LogP contribution in [-0.4, -0.2) is 23.4 Å². The van der Waals surface area contributed by atoms with Crippen LogP contribution in [0.15, 0.2) is 24.3 Å². The van der Waals surface area contributed by atoms with E-state index in [0.717, 1.165) is 13.0 Å². The summed E-state index contributed by atoms with van der Waals surface area (Å²) in [5.41, 5.74) is 8.30. The number of amides is 1. The van der Waals surface area contributed by atoms with E-state index in [1.807, 2.05) is 11.8 Å². The molecule has 1 aromatic carbocycles. The van der Waals surface area contributed by atoms with Crippen LogP contribution in [0.5, 0.6) is 0 Å². The molecule has 1 heterocycles. The number of benzene rings is 1. The van der Waals surface area contributed by atoms with E-state index in [9.17, 15) is 4.79 Å². The normalized spacial score (nSPS) is 23.3. The third-order valence-corrected chi connectivity index (χ3v) is 4.17. The van der Waals surface area contributed by atoms with Crippen LogP contribution in [0.2, 0.25) is 0 Å². The summed E-state index contributed by atoms with van der Waals surface area (Å²) in [6.07, 6.45) is 2.71. The lowest BCUT2D eigenvalue weighted by Gasteiger charge is -2.41. The number of halogens is 1. The maximum Gasteiger partial charge on any atom is 0.224 e. The van der Waals surface area contributed by atoms with Gasteiger partial charge in [0.15, 0.2) is 0 Å². The van der Waals surface area contributed by atoms with Gasteiger partial charge in [0.1, 0.15) is 0 Å². The van der Waals surface area contributed by atoms with E-state index >= 15 is 0 Å². The minimum Gasteiger partial charge on any atom is -0.335 e. The molecular weight excluding hydrogens is 284 g/mol. The highest BCUT2D eigenvalue weighted by atomic mass is 35.5. The lowest BCUT2D eigenvalue weighted by molar-refractivity contribution is -0.136. The van der Waals surface area contributed by atoms with Crippen LogP contribution in [0.4, 0.5) is 0 Å². The molecule has 3 nitrogen and oxygen atoms in total. The summed E-state index contributed by atoms with van der Waals surface area (Å²) in [6.45, 7) is 7.09. The van der Waals surface area contributed by atoms with Crippen molar-refractivity contribution in [3.05, 3.63) is 35.4 Å². The predicted octanol–water partition coefficient (Wildman–Crippen LogP) is 3.45. The highest BCUT2D eigenvalue weighted by Gasteiger charge is 2.32. The average Bonchev–Trinajstić information content (AvgIpc) is 2.39. The molecule has 1 aliphatic heterocycles. The van der Waals surface area contributed by atoms with Crippen LogP contribution >= 0.6 is 12.4 Å². The number of hydrogen-bond acceptors (Lipinski definition) is 2. The molecule has 1 amide bonds. The number of hydrogen-bond donors (Lipinski definition) is 1. The van der Waals surface area contributed by atoms with Crippen LogP contribution in [0.3, 0.4) is 0 Å². The molecule has 2 N–H and O–H groups in total. The topological polar surface area (TPSA) is 46.3 Å². The highest BCUT2D eigenvalue weighted by molar-refractivity contribution is 5.85. The van der Waals surface area contributed by atoms with Crippen molar-refractivity contribution < 1.29 is 4.79 Å². The maximum absolute atomic E-state index is 12.5. The average molecular weight is 311 g/mol. The second kappa shape index (κ2) is 7.81. The lowest BCUT2D eigenvalue weighted by Crippen LogP contribution is -2.43. The molecule has 1 aromatic rings. The van der Waals surface area contributed by atoms with Gasteiger partial charge in [0.05, 0.1) is 6.04 Å². The third-order valence-electron chi connectivity index (χ3n) is 4.17. The van der Waals surface area contributed by atoms with Gasteiger partial charge in [-0.15, -0.1) is 12.4 Å². The van der Waals surface area contributed by atoms with Gasteiger partial charge in [-0.25, -0.2) is 0 Å². The Bertz CT molecular complexity index is 458. The minimum atomic E-state index is -0.0709. The van der Waals surface area contributed by atoms with Crippen molar-refractivity contribution in [3.8, 4) is 0 Å². The molecule has 3 unspecified atom stereocenters. The van der Waals surface area contributed by atoms with Crippen molar-refractivity contribution in [2.75, 3.05) is 6.54 Å². The van der Waals surface area contributed by atoms with Crippen LogP contribution in [0, 0.1) is 12.8 Å². The molecule has 0 radical (unpaired) electrons. The fraction of sp³-hybridized carbons (Fsp3) is 0.588. The fourth-order valence-corrected chi connectivity index (χ4v) is 3.13. The zero-order valence-electron chi connectivity index (χ0n) is 13.2. The van der Waals surface area contributed by atoms with Crippen LogP contribution in [-0.2, 0) is 4.79 Å².